The predicted molar refractivity (Wildman–Crippen MR) is 51.1 cm³/mol. The molecule has 1 rings (SSSR count). The molecule has 0 spiro atoms. The van der Waals surface area contributed by atoms with Crippen LogP contribution in [-0.2, 0) is 11.8 Å². The monoisotopic (exact) mass is 197 g/mol. The fourth-order valence-electron chi connectivity index (χ4n) is 1.17. The highest BCUT2D eigenvalue weighted by Crippen LogP contribution is 2.24. The van der Waals surface area contributed by atoms with Gasteiger partial charge in [-0.05, 0) is 6.92 Å². The maximum Gasteiger partial charge on any atom is 0.292 e. The van der Waals surface area contributed by atoms with Crippen LogP contribution in [0.3, 0.4) is 0 Å². The quantitative estimate of drug-likeness (QED) is 0.571. The van der Waals surface area contributed by atoms with Crippen LogP contribution in [0.1, 0.15) is 12.6 Å². The Hall–Kier alpha value is -1.85. The summed E-state index contributed by atoms with van der Waals surface area (Å²) >= 11 is 0. The van der Waals surface area contributed by atoms with Gasteiger partial charge in [0, 0.05) is 14.0 Å². The molecule has 0 aromatic carbocycles. The lowest BCUT2D eigenvalue weighted by molar-refractivity contribution is -0.385. The van der Waals surface area contributed by atoms with Gasteiger partial charge < -0.3 is 9.88 Å². The van der Waals surface area contributed by atoms with Crippen LogP contribution < -0.4 is 5.32 Å². The van der Waals surface area contributed by atoms with Crippen molar-refractivity contribution in [1.82, 2.24) is 4.57 Å². The third kappa shape index (κ3) is 1.73. The van der Waals surface area contributed by atoms with Crippen molar-refractivity contribution in [2.45, 2.75) is 13.8 Å². The third-order valence-electron chi connectivity index (χ3n) is 2.01. The number of nitro groups is 1. The number of nitrogens with one attached hydrogen (secondary N) is 1. The van der Waals surface area contributed by atoms with Gasteiger partial charge in [0.1, 0.15) is 5.82 Å². The Bertz CT molecular complexity index is 395. The van der Waals surface area contributed by atoms with Crippen molar-refractivity contribution < 1.29 is 9.72 Å². The summed E-state index contributed by atoms with van der Waals surface area (Å²) < 4.78 is 1.57. The van der Waals surface area contributed by atoms with Crippen molar-refractivity contribution in [3.8, 4) is 0 Å². The molecule has 0 aliphatic rings. The summed E-state index contributed by atoms with van der Waals surface area (Å²) in [4.78, 5) is 20.8. The molecule has 0 aliphatic heterocycles. The number of carbonyl (C=O) groups excluding carboxylic acids is 1. The second kappa shape index (κ2) is 3.49. The molecule has 1 aromatic heterocycles. The molecule has 1 N–H and O–H groups in total. The predicted octanol–water partition coefficient (Wildman–Crippen LogP) is 1.20. The Morgan fingerprint density at radius 1 is 1.64 bits per heavy atom. The molecular weight excluding hydrogens is 186 g/mol. The van der Waals surface area contributed by atoms with E-state index in [-0.39, 0.29) is 11.6 Å². The van der Waals surface area contributed by atoms with E-state index in [2.05, 4.69) is 5.32 Å². The summed E-state index contributed by atoms with van der Waals surface area (Å²) in [6.07, 6.45) is 0. The van der Waals surface area contributed by atoms with Gasteiger partial charge in [0.15, 0.2) is 0 Å². The topological polar surface area (TPSA) is 77.2 Å². The Morgan fingerprint density at radius 3 is 2.57 bits per heavy atom. The van der Waals surface area contributed by atoms with Gasteiger partial charge in [0.2, 0.25) is 5.91 Å². The first-order chi connectivity index (χ1) is 6.43. The SMILES string of the molecule is CC(=O)Nc1cc([N+](=O)[O-])c(C)n1C. The van der Waals surface area contributed by atoms with Crippen LogP contribution in [0.2, 0.25) is 0 Å². The smallest absolute Gasteiger partial charge is 0.292 e. The minimum atomic E-state index is -0.472. The van der Waals surface area contributed by atoms with Crippen LogP contribution in [0, 0.1) is 17.0 Å². The van der Waals surface area contributed by atoms with E-state index < -0.39 is 4.92 Å². The first-order valence-electron chi connectivity index (χ1n) is 4.01. The van der Waals surface area contributed by atoms with E-state index in [4.69, 9.17) is 0 Å². The first-order valence-corrected chi connectivity index (χ1v) is 4.01. The summed E-state index contributed by atoms with van der Waals surface area (Å²) in [6.45, 7) is 2.98. The van der Waals surface area contributed by atoms with E-state index in [0.717, 1.165) is 0 Å². The van der Waals surface area contributed by atoms with Crippen molar-refractivity contribution in [3.63, 3.8) is 0 Å². The summed E-state index contributed by atoms with van der Waals surface area (Å²) in [6, 6.07) is 1.34. The number of amides is 1. The second-order valence-electron chi connectivity index (χ2n) is 3.00. The van der Waals surface area contributed by atoms with E-state index in [1.54, 1.807) is 18.5 Å². The van der Waals surface area contributed by atoms with Crippen LogP contribution >= 0.6 is 0 Å². The van der Waals surface area contributed by atoms with Crippen molar-refractivity contribution in [2.75, 3.05) is 5.32 Å². The van der Waals surface area contributed by atoms with Crippen LogP contribution in [-0.4, -0.2) is 15.4 Å². The average molecular weight is 197 g/mol. The minimum absolute atomic E-state index is 0.0104. The molecule has 6 nitrogen and oxygen atoms in total. The van der Waals surface area contributed by atoms with Gasteiger partial charge in [-0.1, -0.05) is 0 Å². The lowest BCUT2D eigenvalue weighted by Gasteiger charge is -2.02. The van der Waals surface area contributed by atoms with E-state index in [9.17, 15) is 14.9 Å². The average Bonchev–Trinajstić information content (AvgIpc) is 2.32. The molecule has 0 radical (unpaired) electrons. The van der Waals surface area contributed by atoms with Crippen molar-refractivity contribution in [1.29, 1.82) is 0 Å². The fraction of sp³-hybridized carbons (Fsp3) is 0.375. The summed E-state index contributed by atoms with van der Waals surface area (Å²) in [5, 5.41) is 13.1. The van der Waals surface area contributed by atoms with Crippen molar-refractivity contribution >= 4 is 17.4 Å². The van der Waals surface area contributed by atoms with E-state index in [0.29, 0.717) is 11.5 Å². The van der Waals surface area contributed by atoms with Crippen molar-refractivity contribution in [3.05, 3.63) is 21.9 Å². The van der Waals surface area contributed by atoms with Gasteiger partial charge in [-0.2, -0.15) is 0 Å². The van der Waals surface area contributed by atoms with Gasteiger partial charge in [-0.3, -0.25) is 14.9 Å². The van der Waals surface area contributed by atoms with E-state index in [1.165, 1.54) is 13.0 Å². The van der Waals surface area contributed by atoms with Crippen LogP contribution in [0.15, 0.2) is 6.07 Å². The van der Waals surface area contributed by atoms with Gasteiger partial charge in [-0.25, -0.2) is 0 Å². The minimum Gasteiger partial charge on any atom is -0.329 e. The van der Waals surface area contributed by atoms with Crippen LogP contribution in [0.4, 0.5) is 11.5 Å². The first kappa shape index (κ1) is 10.2. The van der Waals surface area contributed by atoms with Gasteiger partial charge in [0.05, 0.1) is 16.7 Å². The molecule has 1 aromatic rings. The van der Waals surface area contributed by atoms with E-state index >= 15 is 0 Å². The third-order valence-corrected chi connectivity index (χ3v) is 2.01. The standard InChI is InChI=1S/C8H11N3O3/c1-5-7(11(13)14)4-8(10(5)3)9-6(2)12/h4H,1-3H3,(H,9,12). The molecule has 0 fully saturated rings. The molecule has 76 valence electrons. The Morgan fingerprint density at radius 2 is 2.21 bits per heavy atom. The molecule has 1 amide bonds. The number of anilines is 1. The fourth-order valence-corrected chi connectivity index (χ4v) is 1.17. The molecule has 0 saturated carbocycles. The molecule has 0 aliphatic carbocycles. The number of hydrogen-bond donors (Lipinski definition) is 1. The number of hydrogen-bond acceptors (Lipinski definition) is 3. The van der Waals surface area contributed by atoms with E-state index in [1.807, 2.05) is 0 Å². The lowest BCUT2D eigenvalue weighted by Crippen LogP contribution is -2.09. The van der Waals surface area contributed by atoms with Gasteiger partial charge in [0.25, 0.3) is 5.69 Å². The molecule has 0 atom stereocenters. The Labute approximate surface area is 80.7 Å². The maximum absolute atomic E-state index is 10.8. The molecule has 0 unspecified atom stereocenters. The summed E-state index contributed by atoms with van der Waals surface area (Å²) in [5.41, 5.74) is 0.523. The Kier molecular flexibility index (Phi) is 2.55. The van der Waals surface area contributed by atoms with Gasteiger partial charge >= 0.3 is 0 Å². The van der Waals surface area contributed by atoms with Crippen LogP contribution in [0.5, 0.6) is 0 Å². The molecule has 0 bridgehead atoms. The highest BCUT2D eigenvalue weighted by Gasteiger charge is 2.18. The Balaban J connectivity index is 3.15. The largest absolute Gasteiger partial charge is 0.329 e. The number of aromatic nitrogens is 1. The number of nitrogens with zero attached hydrogens (tertiary/aromatic N) is 2. The maximum atomic E-state index is 10.8. The highest BCUT2D eigenvalue weighted by molar-refractivity contribution is 5.88. The number of rotatable bonds is 2. The normalized spacial score (nSPS) is 9.93. The lowest BCUT2D eigenvalue weighted by atomic mass is 10.4. The summed E-state index contributed by atoms with van der Waals surface area (Å²) in [5.74, 6) is 0.183. The molecular formula is C8H11N3O3. The molecule has 14 heavy (non-hydrogen) atoms. The number of carbonyl (C=O) groups is 1. The second-order valence-corrected chi connectivity index (χ2v) is 3.00. The summed E-state index contributed by atoms with van der Waals surface area (Å²) in [7, 11) is 1.66. The zero-order chi connectivity index (χ0) is 10.9. The van der Waals surface area contributed by atoms with Crippen LogP contribution in [0.25, 0.3) is 0 Å². The highest BCUT2D eigenvalue weighted by atomic mass is 16.6. The molecule has 1 heterocycles. The molecule has 0 saturated heterocycles. The zero-order valence-corrected chi connectivity index (χ0v) is 8.20. The zero-order valence-electron chi connectivity index (χ0n) is 8.20. The van der Waals surface area contributed by atoms with Gasteiger partial charge in [-0.15, -0.1) is 0 Å². The van der Waals surface area contributed by atoms with Crippen molar-refractivity contribution in [2.24, 2.45) is 7.05 Å². The molecule has 6 heteroatoms.